The number of hydrogen-bond donors (Lipinski definition) is 1. The van der Waals surface area contributed by atoms with Crippen molar-refractivity contribution in [3.05, 3.63) is 66.0 Å². The highest BCUT2D eigenvalue weighted by Crippen LogP contribution is 2.26. The molecule has 0 saturated carbocycles. The predicted octanol–water partition coefficient (Wildman–Crippen LogP) is 4.24. The van der Waals surface area contributed by atoms with Crippen LogP contribution in [-0.4, -0.2) is 41.3 Å². The molecule has 0 atom stereocenters. The van der Waals surface area contributed by atoms with Crippen LogP contribution in [0.2, 0.25) is 0 Å². The van der Waals surface area contributed by atoms with Gasteiger partial charge in [0.05, 0.1) is 4.90 Å². The molecule has 1 amide bonds. The van der Waals surface area contributed by atoms with Crippen molar-refractivity contribution < 1.29 is 13.2 Å². The van der Waals surface area contributed by atoms with E-state index in [0.29, 0.717) is 30.8 Å². The Kier molecular flexibility index (Phi) is 6.52. The highest BCUT2D eigenvalue weighted by Gasteiger charge is 2.26. The number of nitrogens with one attached hydrogen (secondary N) is 1. The van der Waals surface area contributed by atoms with Gasteiger partial charge in [0, 0.05) is 49.2 Å². The van der Waals surface area contributed by atoms with Gasteiger partial charge in [-0.25, -0.2) is 13.4 Å². The van der Waals surface area contributed by atoms with Crippen LogP contribution >= 0.6 is 0 Å². The third kappa shape index (κ3) is 4.79. The molecule has 1 aromatic heterocycles. The standard InChI is InChI=1S/C26H30N4O3S/c31-25(15-8-20-6-13-24(14-7-20)34(32,33)29-16-3-4-17-29)28-22-11-9-21(10-12-22)26-27-19-23-5-1-2-18-30(23)26/h6-7,9-14,19H,1-5,8,15-18H2,(H,28,31). The maximum absolute atomic E-state index is 12.6. The summed E-state index contributed by atoms with van der Waals surface area (Å²) < 4.78 is 29.1. The Bertz CT molecular complexity index is 1260. The highest BCUT2D eigenvalue weighted by molar-refractivity contribution is 7.89. The Labute approximate surface area is 200 Å². The number of nitrogens with zero attached hydrogens (tertiary/aromatic N) is 3. The average Bonchev–Trinajstić information content (AvgIpc) is 3.55. The summed E-state index contributed by atoms with van der Waals surface area (Å²) in [6, 6.07) is 14.7. The molecule has 8 heteroatoms. The molecule has 0 bridgehead atoms. The summed E-state index contributed by atoms with van der Waals surface area (Å²) in [4.78, 5) is 17.4. The van der Waals surface area contributed by atoms with Crippen LogP contribution in [0.15, 0.2) is 59.6 Å². The number of amides is 1. The molecule has 1 fully saturated rings. The number of aryl methyl sites for hydroxylation is 2. The Hall–Kier alpha value is -2.97. The second-order valence-corrected chi connectivity index (χ2v) is 11.0. The van der Waals surface area contributed by atoms with Crippen LogP contribution in [0.3, 0.4) is 0 Å². The summed E-state index contributed by atoms with van der Waals surface area (Å²) in [5.74, 6) is 0.919. The van der Waals surface area contributed by atoms with Crippen molar-refractivity contribution in [2.45, 2.75) is 56.4 Å². The maximum Gasteiger partial charge on any atom is 0.243 e. The molecule has 2 aliphatic heterocycles. The van der Waals surface area contributed by atoms with Crippen molar-refractivity contribution in [1.29, 1.82) is 0 Å². The predicted molar refractivity (Wildman–Crippen MR) is 132 cm³/mol. The first kappa shape index (κ1) is 22.8. The summed E-state index contributed by atoms with van der Waals surface area (Å²) in [7, 11) is -3.40. The van der Waals surface area contributed by atoms with Crippen LogP contribution in [-0.2, 0) is 34.2 Å². The minimum absolute atomic E-state index is 0.0697. The van der Waals surface area contributed by atoms with E-state index in [1.807, 2.05) is 30.5 Å². The minimum Gasteiger partial charge on any atom is -0.328 e. The van der Waals surface area contributed by atoms with Crippen molar-refractivity contribution in [2.24, 2.45) is 0 Å². The van der Waals surface area contributed by atoms with Crippen LogP contribution in [0.4, 0.5) is 5.69 Å². The zero-order valence-electron chi connectivity index (χ0n) is 19.2. The first-order valence-corrected chi connectivity index (χ1v) is 13.5. The fraction of sp³-hybridized carbons (Fsp3) is 0.385. The second kappa shape index (κ2) is 9.72. The number of hydrogen-bond acceptors (Lipinski definition) is 4. The summed E-state index contributed by atoms with van der Waals surface area (Å²) in [6.45, 7) is 2.19. The van der Waals surface area contributed by atoms with Gasteiger partial charge in [-0.2, -0.15) is 4.31 Å². The van der Waals surface area contributed by atoms with Gasteiger partial charge in [0.2, 0.25) is 15.9 Å². The number of rotatable bonds is 7. The Morgan fingerprint density at radius 2 is 1.62 bits per heavy atom. The lowest BCUT2D eigenvalue weighted by Gasteiger charge is -2.16. The smallest absolute Gasteiger partial charge is 0.243 e. The SMILES string of the molecule is O=C(CCc1ccc(S(=O)(=O)N2CCCC2)cc1)Nc1ccc(-c2ncc3n2CCCC3)cc1. The number of aromatic nitrogens is 2. The molecule has 34 heavy (non-hydrogen) atoms. The molecular weight excluding hydrogens is 448 g/mol. The van der Waals surface area contributed by atoms with Gasteiger partial charge in [-0.15, -0.1) is 0 Å². The molecule has 7 nitrogen and oxygen atoms in total. The molecule has 3 heterocycles. The van der Waals surface area contributed by atoms with Crippen molar-refractivity contribution in [3.8, 4) is 11.4 Å². The van der Waals surface area contributed by atoms with E-state index in [0.717, 1.165) is 48.4 Å². The van der Waals surface area contributed by atoms with E-state index in [4.69, 9.17) is 0 Å². The molecule has 0 radical (unpaired) electrons. The van der Waals surface area contributed by atoms with Crippen molar-refractivity contribution in [1.82, 2.24) is 13.9 Å². The molecule has 1 N–H and O–H groups in total. The van der Waals surface area contributed by atoms with Crippen LogP contribution in [0, 0.1) is 0 Å². The fourth-order valence-corrected chi connectivity index (χ4v) is 6.27. The molecular formula is C26H30N4O3S. The first-order valence-electron chi connectivity index (χ1n) is 12.0. The van der Waals surface area contributed by atoms with E-state index in [9.17, 15) is 13.2 Å². The zero-order chi connectivity index (χ0) is 23.5. The minimum atomic E-state index is -3.40. The molecule has 178 valence electrons. The van der Waals surface area contributed by atoms with Gasteiger partial charge in [0.15, 0.2) is 0 Å². The van der Waals surface area contributed by atoms with Gasteiger partial charge in [-0.1, -0.05) is 12.1 Å². The molecule has 0 spiro atoms. The van der Waals surface area contributed by atoms with Crippen LogP contribution in [0.5, 0.6) is 0 Å². The van der Waals surface area contributed by atoms with Gasteiger partial charge in [0.25, 0.3) is 0 Å². The van der Waals surface area contributed by atoms with Gasteiger partial charge < -0.3 is 9.88 Å². The van der Waals surface area contributed by atoms with Gasteiger partial charge >= 0.3 is 0 Å². The topological polar surface area (TPSA) is 84.3 Å². The van der Waals surface area contributed by atoms with E-state index in [1.165, 1.54) is 18.5 Å². The average molecular weight is 479 g/mol. The lowest BCUT2D eigenvalue weighted by Crippen LogP contribution is -2.27. The van der Waals surface area contributed by atoms with Gasteiger partial charge in [-0.05, 0) is 80.5 Å². The van der Waals surface area contributed by atoms with Crippen LogP contribution in [0.25, 0.3) is 11.4 Å². The Morgan fingerprint density at radius 3 is 2.35 bits per heavy atom. The number of benzene rings is 2. The van der Waals surface area contributed by atoms with Gasteiger partial charge in [0.1, 0.15) is 5.82 Å². The third-order valence-electron chi connectivity index (χ3n) is 6.70. The molecule has 0 unspecified atom stereocenters. The molecule has 5 rings (SSSR count). The summed E-state index contributed by atoms with van der Waals surface area (Å²) >= 11 is 0. The van der Waals surface area contributed by atoms with Gasteiger partial charge in [-0.3, -0.25) is 4.79 Å². The van der Waals surface area contributed by atoms with Crippen molar-refractivity contribution in [2.75, 3.05) is 18.4 Å². The summed E-state index contributed by atoms with van der Waals surface area (Å²) in [5, 5.41) is 2.95. The number of sulfonamides is 1. The number of imidazole rings is 1. The van der Waals surface area contributed by atoms with E-state index in [-0.39, 0.29) is 5.91 Å². The molecule has 1 saturated heterocycles. The van der Waals surface area contributed by atoms with Crippen LogP contribution < -0.4 is 5.32 Å². The lowest BCUT2D eigenvalue weighted by molar-refractivity contribution is -0.116. The molecule has 0 aliphatic carbocycles. The van der Waals surface area contributed by atoms with E-state index < -0.39 is 10.0 Å². The maximum atomic E-state index is 12.6. The Balaban J connectivity index is 1.15. The van der Waals surface area contributed by atoms with Crippen molar-refractivity contribution in [3.63, 3.8) is 0 Å². The molecule has 2 aliphatic rings. The zero-order valence-corrected chi connectivity index (χ0v) is 20.1. The largest absolute Gasteiger partial charge is 0.328 e. The van der Waals surface area contributed by atoms with E-state index in [1.54, 1.807) is 28.6 Å². The first-order chi connectivity index (χ1) is 16.5. The molecule has 3 aromatic rings. The van der Waals surface area contributed by atoms with Crippen molar-refractivity contribution >= 4 is 21.6 Å². The quantitative estimate of drug-likeness (QED) is 0.550. The fourth-order valence-electron chi connectivity index (χ4n) is 4.76. The normalized spacial score (nSPS) is 16.4. The summed E-state index contributed by atoms with van der Waals surface area (Å²) in [5.41, 5.74) is 4.04. The second-order valence-electron chi connectivity index (χ2n) is 9.06. The monoisotopic (exact) mass is 478 g/mol. The number of fused-ring (bicyclic) bond motifs is 1. The van der Waals surface area contributed by atoms with E-state index >= 15 is 0 Å². The highest BCUT2D eigenvalue weighted by atomic mass is 32.2. The number of carbonyl (C=O) groups is 1. The lowest BCUT2D eigenvalue weighted by atomic mass is 10.1. The third-order valence-corrected chi connectivity index (χ3v) is 8.61. The van der Waals surface area contributed by atoms with Crippen LogP contribution in [0.1, 0.15) is 43.4 Å². The number of carbonyl (C=O) groups excluding carboxylic acids is 1. The summed E-state index contributed by atoms with van der Waals surface area (Å²) in [6.07, 6.45) is 8.17. The number of anilines is 1. The van der Waals surface area contributed by atoms with E-state index in [2.05, 4.69) is 14.9 Å². The molecule has 2 aromatic carbocycles. The Morgan fingerprint density at radius 1 is 0.912 bits per heavy atom.